The van der Waals surface area contributed by atoms with Gasteiger partial charge in [-0.1, -0.05) is 24.3 Å². The largest absolute Gasteiger partial charge is 0.492 e. The number of amides is 1. The number of nitrogens with zero attached hydrogens (tertiary/aromatic N) is 4. The van der Waals surface area contributed by atoms with E-state index in [1.807, 2.05) is 67.5 Å². The van der Waals surface area contributed by atoms with Gasteiger partial charge in [0.2, 0.25) is 5.91 Å². The van der Waals surface area contributed by atoms with E-state index in [9.17, 15) is 4.79 Å². The van der Waals surface area contributed by atoms with Crippen molar-refractivity contribution in [3.8, 4) is 5.75 Å². The van der Waals surface area contributed by atoms with Crippen LogP contribution in [0.15, 0.2) is 48.7 Å². The van der Waals surface area contributed by atoms with Crippen LogP contribution in [0.1, 0.15) is 12.0 Å². The van der Waals surface area contributed by atoms with Gasteiger partial charge in [-0.3, -0.25) is 4.79 Å². The molecule has 28 heavy (non-hydrogen) atoms. The van der Waals surface area contributed by atoms with Crippen molar-refractivity contribution in [3.05, 3.63) is 54.2 Å². The van der Waals surface area contributed by atoms with Crippen LogP contribution in [0.25, 0.3) is 0 Å². The maximum absolute atomic E-state index is 12.5. The molecule has 0 bridgehead atoms. The van der Waals surface area contributed by atoms with E-state index in [1.54, 1.807) is 0 Å². The first-order chi connectivity index (χ1) is 13.6. The lowest BCUT2D eigenvalue weighted by Crippen LogP contribution is -2.49. The van der Waals surface area contributed by atoms with Crippen LogP contribution in [0.4, 0.5) is 5.82 Å². The molecule has 150 valence electrons. The molecule has 0 aliphatic carbocycles. The molecule has 0 atom stereocenters. The zero-order chi connectivity index (χ0) is 19.8. The van der Waals surface area contributed by atoms with E-state index in [1.165, 1.54) is 0 Å². The van der Waals surface area contributed by atoms with E-state index in [0.717, 1.165) is 56.4 Å². The fraction of sp³-hybridized carbons (Fsp3) is 0.455. The summed E-state index contributed by atoms with van der Waals surface area (Å²) in [7, 11) is 2.04. The van der Waals surface area contributed by atoms with Crippen LogP contribution in [0.5, 0.6) is 5.75 Å². The summed E-state index contributed by atoms with van der Waals surface area (Å²) in [4.78, 5) is 23.3. The number of benzene rings is 1. The van der Waals surface area contributed by atoms with Gasteiger partial charge in [-0.25, -0.2) is 4.98 Å². The number of hydrogen-bond acceptors (Lipinski definition) is 5. The second-order valence-electron chi connectivity index (χ2n) is 7.22. The molecule has 6 heteroatoms. The molecule has 1 aliphatic heterocycles. The molecule has 2 heterocycles. The molecule has 0 N–H and O–H groups in total. The highest BCUT2D eigenvalue weighted by molar-refractivity contribution is 5.76. The lowest BCUT2D eigenvalue weighted by atomic mass is 10.2. The van der Waals surface area contributed by atoms with Crippen molar-refractivity contribution in [1.29, 1.82) is 0 Å². The van der Waals surface area contributed by atoms with Gasteiger partial charge in [-0.15, -0.1) is 0 Å². The molecule has 0 saturated carbocycles. The monoisotopic (exact) mass is 382 g/mol. The maximum atomic E-state index is 12.5. The van der Waals surface area contributed by atoms with E-state index in [-0.39, 0.29) is 5.91 Å². The van der Waals surface area contributed by atoms with Gasteiger partial charge in [0, 0.05) is 51.9 Å². The fourth-order valence-corrected chi connectivity index (χ4v) is 3.31. The number of carbonyl (C=O) groups is 1. The summed E-state index contributed by atoms with van der Waals surface area (Å²) in [6.45, 7) is 7.41. The third-order valence-electron chi connectivity index (χ3n) is 5.14. The molecule has 1 aromatic carbocycles. The van der Waals surface area contributed by atoms with Crippen molar-refractivity contribution < 1.29 is 9.53 Å². The first kappa shape index (κ1) is 20.1. The summed E-state index contributed by atoms with van der Waals surface area (Å²) in [5, 5.41) is 0. The van der Waals surface area contributed by atoms with Gasteiger partial charge >= 0.3 is 0 Å². The van der Waals surface area contributed by atoms with E-state index >= 15 is 0 Å². The molecule has 1 aromatic heterocycles. The Morgan fingerprint density at radius 3 is 2.54 bits per heavy atom. The average molecular weight is 383 g/mol. The van der Waals surface area contributed by atoms with Gasteiger partial charge in [-0.2, -0.15) is 0 Å². The van der Waals surface area contributed by atoms with Crippen molar-refractivity contribution >= 4 is 11.7 Å². The molecule has 1 saturated heterocycles. The standard InChI is InChI=1S/C22H30N4O2/c1-19-7-3-4-8-20(19)28-18-17-24(2)12-10-22(27)26-15-13-25(14-16-26)21-9-5-6-11-23-21/h3-9,11H,10,12-18H2,1-2H3. The molecular formula is C22H30N4O2. The minimum absolute atomic E-state index is 0.229. The Hall–Kier alpha value is -2.60. The van der Waals surface area contributed by atoms with Crippen LogP contribution in [-0.4, -0.2) is 73.6 Å². The van der Waals surface area contributed by atoms with Gasteiger partial charge in [0.15, 0.2) is 0 Å². The van der Waals surface area contributed by atoms with Crippen molar-refractivity contribution in [2.45, 2.75) is 13.3 Å². The molecule has 6 nitrogen and oxygen atoms in total. The second-order valence-corrected chi connectivity index (χ2v) is 7.22. The zero-order valence-electron chi connectivity index (χ0n) is 16.9. The van der Waals surface area contributed by atoms with Crippen LogP contribution in [-0.2, 0) is 4.79 Å². The van der Waals surface area contributed by atoms with Crippen LogP contribution < -0.4 is 9.64 Å². The number of para-hydroxylation sites is 1. The molecule has 1 aliphatic rings. The average Bonchev–Trinajstić information content (AvgIpc) is 2.74. The van der Waals surface area contributed by atoms with Gasteiger partial charge in [-0.05, 0) is 37.7 Å². The summed E-state index contributed by atoms with van der Waals surface area (Å²) >= 11 is 0. The summed E-state index contributed by atoms with van der Waals surface area (Å²) in [6.07, 6.45) is 2.36. The van der Waals surface area contributed by atoms with Crippen LogP contribution in [0.3, 0.4) is 0 Å². The first-order valence-corrected chi connectivity index (χ1v) is 9.94. The molecule has 1 fully saturated rings. The Bertz CT molecular complexity index is 745. The highest BCUT2D eigenvalue weighted by atomic mass is 16.5. The summed E-state index contributed by atoms with van der Waals surface area (Å²) in [5.41, 5.74) is 1.14. The van der Waals surface area contributed by atoms with Crippen LogP contribution in [0.2, 0.25) is 0 Å². The highest BCUT2D eigenvalue weighted by Crippen LogP contribution is 2.16. The van der Waals surface area contributed by atoms with Crippen LogP contribution >= 0.6 is 0 Å². The fourth-order valence-electron chi connectivity index (χ4n) is 3.31. The summed E-state index contributed by atoms with van der Waals surface area (Å²) < 4.78 is 5.84. The predicted molar refractivity (Wildman–Crippen MR) is 112 cm³/mol. The molecular weight excluding hydrogens is 352 g/mol. The van der Waals surface area contributed by atoms with Gasteiger partial charge in [0.25, 0.3) is 0 Å². The van der Waals surface area contributed by atoms with E-state index in [0.29, 0.717) is 13.0 Å². The Labute approximate surface area is 167 Å². The van der Waals surface area contributed by atoms with Crippen molar-refractivity contribution in [2.75, 3.05) is 57.8 Å². The highest BCUT2D eigenvalue weighted by Gasteiger charge is 2.21. The summed E-state index contributed by atoms with van der Waals surface area (Å²) in [6, 6.07) is 14.0. The molecule has 0 spiro atoms. The van der Waals surface area contributed by atoms with E-state index in [2.05, 4.69) is 14.8 Å². The quantitative estimate of drug-likeness (QED) is 0.702. The Morgan fingerprint density at radius 1 is 1.07 bits per heavy atom. The number of piperazine rings is 1. The number of likely N-dealkylation sites (N-methyl/N-ethyl adjacent to an activating group) is 1. The van der Waals surface area contributed by atoms with E-state index in [4.69, 9.17) is 4.74 Å². The van der Waals surface area contributed by atoms with Crippen molar-refractivity contribution in [1.82, 2.24) is 14.8 Å². The number of aryl methyl sites for hydroxylation is 1. The Morgan fingerprint density at radius 2 is 1.82 bits per heavy atom. The molecule has 2 aromatic rings. The smallest absolute Gasteiger partial charge is 0.223 e. The first-order valence-electron chi connectivity index (χ1n) is 9.94. The number of hydrogen-bond donors (Lipinski definition) is 0. The number of pyridine rings is 1. The second kappa shape index (κ2) is 10.1. The van der Waals surface area contributed by atoms with Gasteiger partial charge in [0.1, 0.15) is 18.2 Å². The van der Waals surface area contributed by atoms with Gasteiger partial charge < -0.3 is 19.4 Å². The minimum Gasteiger partial charge on any atom is -0.492 e. The number of aromatic nitrogens is 1. The lowest BCUT2D eigenvalue weighted by Gasteiger charge is -2.35. The number of carbonyl (C=O) groups excluding carboxylic acids is 1. The molecule has 3 rings (SSSR count). The Balaban J connectivity index is 1.33. The predicted octanol–water partition coefficient (Wildman–Crippen LogP) is 2.44. The van der Waals surface area contributed by atoms with Crippen molar-refractivity contribution in [3.63, 3.8) is 0 Å². The SMILES string of the molecule is Cc1ccccc1OCCN(C)CCC(=O)N1CCN(c2ccccn2)CC1. The van der Waals surface area contributed by atoms with E-state index < -0.39 is 0 Å². The normalized spacial score (nSPS) is 14.4. The summed E-state index contributed by atoms with van der Waals surface area (Å²) in [5.74, 6) is 2.15. The third kappa shape index (κ3) is 5.70. The molecule has 1 amide bonds. The molecule has 0 radical (unpaired) electrons. The Kier molecular flexibility index (Phi) is 7.25. The number of ether oxygens (including phenoxy) is 1. The minimum atomic E-state index is 0.229. The van der Waals surface area contributed by atoms with Crippen molar-refractivity contribution in [2.24, 2.45) is 0 Å². The lowest BCUT2D eigenvalue weighted by molar-refractivity contribution is -0.131. The third-order valence-corrected chi connectivity index (χ3v) is 5.14. The van der Waals surface area contributed by atoms with Crippen LogP contribution in [0, 0.1) is 6.92 Å². The number of anilines is 1. The maximum Gasteiger partial charge on any atom is 0.223 e. The van der Waals surface area contributed by atoms with Gasteiger partial charge in [0.05, 0.1) is 0 Å². The number of rotatable bonds is 8. The topological polar surface area (TPSA) is 48.9 Å². The molecule has 0 unspecified atom stereocenters. The zero-order valence-corrected chi connectivity index (χ0v) is 16.9.